The Morgan fingerprint density at radius 2 is 1.50 bits per heavy atom. The zero-order valence-corrected chi connectivity index (χ0v) is 23.0. The first-order chi connectivity index (χ1) is 17.0. The lowest BCUT2D eigenvalue weighted by Gasteiger charge is -2.24. The van der Waals surface area contributed by atoms with Gasteiger partial charge in [0.2, 0.25) is 15.9 Å². The number of carbonyl (C=O) groups excluding carboxylic acids is 1. The maximum absolute atomic E-state index is 13.9. The van der Waals surface area contributed by atoms with Gasteiger partial charge < -0.3 is 14.8 Å². The number of halogens is 2. The van der Waals surface area contributed by atoms with E-state index in [1.807, 2.05) is 19.1 Å². The molecule has 3 rings (SSSR count). The van der Waals surface area contributed by atoms with Crippen LogP contribution in [-0.2, 0) is 21.4 Å². The van der Waals surface area contributed by atoms with Crippen LogP contribution in [0.5, 0.6) is 11.5 Å². The molecule has 0 radical (unpaired) electrons. The normalized spacial score (nSPS) is 11.4. The van der Waals surface area contributed by atoms with Crippen LogP contribution in [0.4, 0.5) is 5.69 Å². The molecular weight excluding hydrogens is 523 g/mol. The van der Waals surface area contributed by atoms with Gasteiger partial charge in [-0.05, 0) is 49.6 Å². The highest BCUT2D eigenvalue weighted by Gasteiger charge is 2.30. The molecule has 0 heterocycles. The number of ether oxygens (including phenoxy) is 2. The summed E-state index contributed by atoms with van der Waals surface area (Å²) in [6.07, 6.45) is 0. The number of aryl methyl sites for hydroxylation is 3. The number of nitrogens with one attached hydrogen (secondary N) is 1. The zero-order chi connectivity index (χ0) is 26.6. The van der Waals surface area contributed by atoms with Gasteiger partial charge in [-0.3, -0.25) is 4.79 Å². The molecule has 3 aromatic carbocycles. The van der Waals surface area contributed by atoms with Crippen LogP contribution in [0.3, 0.4) is 0 Å². The van der Waals surface area contributed by atoms with Gasteiger partial charge in [0.15, 0.2) is 0 Å². The van der Waals surface area contributed by atoms with E-state index >= 15 is 0 Å². The van der Waals surface area contributed by atoms with Gasteiger partial charge in [-0.1, -0.05) is 53.0 Å². The van der Waals surface area contributed by atoms with Crippen molar-refractivity contribution in [1.82, 2.24) is 4.31 Å². The second-order valence-electron chi connectivity index (χ2n) is 8.36. The molecule has 192 valence electrons. The second-order valence-corrected chi connectivity index (χ2v) is 11.1. The summed E-state index contributed by atoms with van der Waals surface area (Å²) in [6, 6.07) is 13.5. The summed E-state index contributed by atoms with van der Waals surface area (Å²) in [6.45, 7) is 4.94. The highest BCUT2D eigenvalue weighted by Crippen LogP contribution is 2.36. The number of methoxy groups -OCH3 is 2. The van der Waals surface area contributed by atoms with Crippen LogP contribution in [0.25, 0.3) is 0 Å². The standard InChI is InChI=1S/C26H28Cl2N2O5S/c1-16-10-17(2)26(18(3)11-16)36(32,33)30(14-19-6-8-20(27)9-7-19)15-25(31)29-22-13-23(34-4)21(28)12-24(22)35-5/h6-13H,14-15H2,1-5H3,(H,29,31). The van der Waals surface area contributed by atoms with E-state index in [-0.39, 0.29) is 11.4 Å². The number of rotatable bonds is 9. The average Bonchev–Trinajstić information content (AvgIpc) is 2.80. The Labute approximate surface area is 222 Å². The molecule has 0 aliphatic heterocycles. The molecule has 0 atom stereocenters. The Morgan fingerprint density at radius 1 is 0.917 bits per heavy atom. The van der Waals surface area contributed by atoms with Crippen molar-refractivity contribution in [3.8, 4) is 11.5 Å². The van der Waals surface area contributed by atoms with Gasteiger partial charge in [0.25, 0.3) is 0 Å². The van der Waals surface area contributed by atoms with E-state index in [1.165, 1.54) is 26.4 Å². The molecule has 0 fully saturated rings. The van der Waals surface area contributed by atoms with Crippen molar-refractivity contribution in [2.75, 3.05) is 26.1 Å². The van der Waals surface area contributed by atoms with Crippen LogP contribution >= 0.6 is 23.2 Å². The Kier molecular flexibility index (Phi) is 8.89. The fourth-order valence-electron chi connectivity index (χ4n) is 4.03. The first-order valence-corrected chi connectivity index (χ1v) is 13.2. The molecule has 0 unspecified atom stereocenters. The van der Waals surface area contributed by atoms with Gasteiger partial charge in [-0.2, -0.15) is 4.31 Å². The maximum atomic E-state index is 13.9. The van der Waals surface area contributed by atoms with E-state index in [0.29, 0.717) is 43.9 Å². The first-order valence-electron chi connectivity index (χ1n) is 11.0. The molecule has 1 amide bonds. The van der Waals surface area contributed by atoms with Crippen molar-refractivity contribution in [3.63, 3.8) is 0 Å². The van der Waals surface area contributed by atoms with Gasteiger partial charge >= 0.3 is 0 Å². The highest BCUT2D eigenvalue weighted by atomic mass is 35.5. The number of nitrogens with zero attached hydrogens (tertiary/aromatic N) is 1. The third-order valence-electron chi connectivity index (χ3n) is 5.54. The smallest absolute Gasteiger partial charge is 0.244 e. The summed E-state index contributed by atoms with van der Waals surface area (Å²) in [4.78, 5) is 13.3. The van der Waals surface area contributed by atoms with E-state index < -0.39 is 22.5 Å². The summed E-state index contributed by atoms with van der Waals surface area (Å²) in [5.41, 5.74) is 3.16. The minimum atomic E-state index is -4.05. The van der Waals surface area contributed by atoms with Crippen LogP contribution in [0.1, 0.15) is 22.3 Å². The minimum absolute atomic E-state index is 0.0270. The zero-order valence-electron chi connectivity index (χ0n) is 20.7. The van der Waals surface area contributed by atoms with E-state index in [0.717, 1.165) is 9.87 Å². The van der Waals surface area contributed by atoms with E-state index in [9.17, 15) is 13.2 Å². The summed E-state index contributed by atoms with van der Waals surface area (Å²) >= 11 is 12.2. The van der Waals surface area contributed by atoms with Crippen molar-refractivity contribution < 1.29 is 22.7 Å². The summed E-state index contributed by atoms with van der Waals surface area (Å²) in [5.74, 6) is 0.0911. The summed E-state index contributed by atoms with van der Waals surface area (Å²) < 4.78 is 39.4. The largest absolute Gasteiger partial charge is 0.495 e. The van der Waals surface area contributed by atoms with Crippen LogP contribution < -0.4 is 14.8 Å². The lowest BCUT2D eigenvalue weighted by molar-refractivity contribution is -0.116. The number of hydrogen-bond donors (Lipinski definition) is 1. The Morgan fingerprint density at radius 3 is 2.06 bits per heavy atom. The topological polar surface area (TPSA) is 84.9 Å². The van der Waals surface area contributed by atoms with Gasteiger partial charge in [-0.15, -0.1) is 0 Å². The Bertz CT molecular complexity index is 1350. The minimum Gasteiger partial charge on any atom is -0.495 e. The molecule has 0 bridgehead atoms. The average molecular weight is 551 g/mol. The monoisotopic (exact) mass is 550 g/mol. The van der Waals surface area contributed by atoms with Gasteiger partial charge in [0.05, 0.1) is 36.4 Å². The fraction of sp³-hybridized carbons (Fsp3) is 0.269. The number of amides is 1. The Hall–Kier alpha value is -2.78. The first kappa shape index (κ1) is 27.8. The third-order valence-corrected chi connectivity index (χ3v) is 8.19. The number of hydrogen-bond acceptors (Lipinski definition) is 5. The quantitative estimate of drug-likeness (QED) is 0.365. The molecule has 7 nitrogen and oxygen atoms in total. The summed E-state index contributed by atoms with van der Waals surface area (Å²) in [7, 11) is -1.16. The lowest BCUT2D eigenvalue weighted by atomic mass is 10.1. The second kappa shape index (κ2) is 11.5. The van der Waals surface area contributed by atoms with Crippen molar-refractivity contribution in [2.45, 2.75) is 32.2 Å². The Balaban J connectivity index is 1.99. The molecule has 3 aromatic rings. The van der Waals surface area contributed by atoms with E-state index in [2.05, 4.69) is 5.32 Å². The van der Waals surface area contributed by atoms with Crippen molar-refractivity contribution in [3.05, 3.63) is 80.8 Å². The maximum Gasteiger partial charge on any atom is 0.244 e. The van der Waals surface area contributed by atoms with Crippen LogP contribution in [0, 0.1) is 20.8 Å². The van der Waals surface area contributed by atoms with Crippen molar-refractivity contribution >= 4 is 44.8 Å². The number of benzene rings is 3. The van der Waals surface area contributed by atoms with Crippen LogP contribution in [-0.4, -0.2) is 39.4 Å². The molecule has 0 spiro atoms. The third kappa shape index (κ3) is 6.31. The molecule has 0 aromatic heterocycles. The molecule has 10 heteroatoms. The van der Waals surface area contributed by atoms with Crippen LogP contribution in [0.2, 0.25) is 10.0 Å². The van der Waals surface area contributed by atoms with Gasteiger partial charge in [-0.25, -0.2) is 8.42 Å². The number of anilines is 1. The summed E-state index contributed by atoms with van der Waals surface area (Å²) in [5, 5.41) is 3.56. The SMILES string of the molecule is COc1cc(NC(=O)CN(Cc2ccc(Cl)cc2)S(=O)(=O)c2c(C)cc(C)cc2C)c(OC)cc1Cl. The van der Waals surface area contributed by atoms with Crippen molar-refractivity contribution in [2.24, 2.45) is 0 Å². The highest BCUT2D eigenvalue weighted by molar-refractivity contribution is 7.89. The predicted molar refractivity (Wildman–Crippen MR) is 143 cm³/mol. The van der Waals surface area contributed by atoms with Crippen LogP contribution in [0.15, 0.2) is 53.4 Å². The van der Waals surface area contributed by atoms with E-state index in [4.69, 9.17) is 32.7 Å². The van der Waals surface area contributed by atoms with E-state index in [1.54, 1.807) is 38.1 Å². The molecular formula is C26H28Cl2N2O5S. The molecule has 36 heavy (non-hydrogen) atoms. The number of carbonyl (C=O) groups is 1. The fourth-order valence-corrected chi connectivity index (χ4v) is 6.18. The number of sulfonamides is 1. The van der Waals surface area contributed by atoms with Gasteiger partial charge in [0.1, 0.15) is 11.5 Å². The molecule has 0 aliphatic rings. The molecule has 1 N–H and O–H groups in total. The van der Waals surface area contributed by atoms with Crippen molar-refractivity contribution in [1.29, 1.82) is 0 Å². The molecule has 0 aliphatic carbocycles. The predicted octanol–water partition coefficient (Wildman–Crippen LogP) is 5.77. The van der Waals surface area contributed by atoms with Gasteiger partial charge in [0, 0.05) is 23.7 Å². The molecule has 0 saturated heterocycles. The lowest BCUT2D eigenvalue weighted by Crippen LogP contribution is -2.38. The molecule has 0 saturated carbocycles.